The molecule has 7 nitrogen and oxygen atoms in total. The molecule has 0 radical (unpaired) electrons. The van der Waals surface area contributed by atoms with E-state index in [0.717, 1.165) is 5.56 Å². The predicted molar refractivity (Wildman–Crippen MR) is 89.9 cm³/mol. The van der Waals surface area contributed by atoms with E-state index in [1.54, 1.807) is 17.4 Å². The Morgan fingerprint density at radius 2 is 2.00 bits per heavy atom. The molecule has 3 N–H and O–H groups in total. The number of ether oxygens (including phenoxy) is 1. The van der Waals surface area contributed by atoms with E-state index in [9.17, 15) is 19.3 Å². The summed E-state index contributed by atoms with van der Waals surface area (Å²) in [4.78, 5) is 22.4. The number of hydrogen-bond acceptors (Lipinski definition) is 4. The SMILES string of the molecule is COc1ccc([N+](=O)[O-])cc1NC(=O)C[NH2+][C@@H](C)c1ccc(F)cc1. The van der Waals surface area contributed by atoms with Crippen LogP contribution in [0.4, 0.5) is 15.8 Å². The molecular weight excluding hydrogens is 329 g/mol. The summed E-state index contributed by atoms with van der Waals surface area (Å²) in [6, 6.07) is 10.0. The van der Waals surface area contributed by atoms with Crippen LogP contribution in [0, 0.1) is 15.9 Å². The summed E-state index contributed by atoms with van der Waals surface area (Å²) in [5, 5.41) is 15.3. The second kappa shape index (κ2) is 8.20. The topological polar surface area (TPSA) is 98.1 Å². The third-order valence-corrected chi connectivity index (χ3v) is 3.72. The minimum Gasteiger partial charge on any atom is -0.495 e. The number of quaternary nitrogens is 1. The Hall–Kier alpha value is -3.00. The Balaban J connectivity index is 1.99. The highest BCUT2D eigenvalue weighted by molar-refractivity contribution is 5.93. The number of benzene rings is 2. The number of anilines is 1. The number of carbonyl (C=O) groups is 1. The van der Waals surface area contributed by atoms with E-state index >= 15 is 0 Å². The monoisotopic (exact) mass is 348 g/mol. The highest BCUT2D eigenvalue weighted by atomic mass is 19.1. The quantitative estimate of drug-likeness (QED) is 0.591. The number of carbonyl (C=O) groups excluding carboxylic acids is 1. The number of non-ortho nitro benzene ring substituents is 1. The molecule has 1 amide bonds. The first-order valence-electron chi connectivity index (χ1n) is 7.61. The van der Waals surface area contributed by atoms with Crippen LogP contribution >= 0.6 is 0 Å². The van der Waals surface area contributed by atoms with Gasteiger partial charge < -0.3 is 15.4 Å². The van der Waals surface area contributed by atoms with Crippen LogP contribution in [0.3, 0.4) is 0 Å². The van der Waals surface area contributed by atoms with E-state index < -0.39 is 4.92 Å². The molecule has 2 aromatic rings. The van der Waals surface area contributed by atoms with Crippen molar-refractivity contribution in [3.05, 3.63) is 64.0 Å². The Morgan fingerprint density at radius 1 is 1.32 bits per heavy atom. The molecule has 0 spiro atoms. The van der Waals surface area contributed by atoms with E-state index in [1.807, 2.05) is 6.92 Å². The number of rotatable bonds is 7. The van der Waals surface area contributed by atoms with Crippen molar-refractivity contribution >= 4 is 17.3 Å². The van der Waals surface area contributed by atoms with Crippen molar-refractivity contribution in [2.24, 2.45) is 0 Å². The molecule has 0 aromatic heterocycles. The molecule has 0 fully saturated rings. The minimum atomic E-state index is -0.544. The molecule has 0 bridgehead atoms. The first kappa shape index (κ1) is 18.3. The summed E-state index contributed by atoms with van der Waals surface area (Å²) >= 11 is 0. The number of amides is 1. The zero-order chi connectivity index (χ0) is 18.4. The van der Waals surface area contributed by atoms with Gasteiger partial charge in [-0.15, -0.1) is 0 Å². The van der Waals surface area contributed by atoms with Gasteiger partial charge in [-0.1, -0.05) is 12.1 Å². The molecule has 2 aromatic carbocycles. The second-order valence-electron chi connectivity index (χ2n) is 5.47. The molecule has 0 saturated heterocycles. The maximum atomic E-state index is 12.9. The largest absolute Gasteiger partial charge is 0.495 e. The number of nitrogens with one attached hydrogen (secondary N) is 1. The van der Waals surface area contributed by atoms with Gasteiger partial charge in [0, 0.05) is 17.7 Å². The van der Waals surface area contributed by atoms with Gasteiger partial charge in [0.15, 0.2) is 6.54 Å². The number of nitrogens with zero attached hydrogens (tertiary/aromatic N) is 1. The highest BCUT2D eigenvalue weighted by Crippen LogP contribution is 2.28. The number of halogens is 1. The van der Waals surface area contributed by atoms with Crippen LogP contribution in [-0.2, 0) is 4.79 Å². The normalized spacial score (nSPS) is 11.6. The number of hydrogen-bond donors (Lipinski definition) is 2. The van der Waals surface area contributed by atoms with E-state index in [-0.39, 0.29) is 35.7 Å². The average Bonchev–Trinajstić information content (AvgIpc) is 2.60. The van der Waals surface area contributed by atoms with Crippen molar-refractivity contribution < 1.29 is 24.2 Å². The van der Waals surface area contributed by atoms with Gasteiger partial charge in [0.05, 0.1) is 17.7 Å². The lowest BCUT2D eigenvalue weighted by molar-refractivity contribution is -0.682. The van der Waals surface area contributed by atoms with Gasteiger partial charge in [-0.05, 0) is 25.1 Å². The Labute approximate surface area is 144 Å². The molecule has 2 rings (SSSR count). The molecule has 132 valence electrons. The lowest BCUT2D eigenvalue weighted by Gasteiger charge is -2.12. The van der Waals surface area contributed by atoms with Crippen LogP contribution in [-0.4, -0.2) is 24.5 Å². The Bertz CT molecular complexity index is 765. The van der Waals surface area contributed by atoms with E-state index in [0.29, 0.717) is 5.75 Å². The molecule has 0 unspecified atom stereocenters. The third kappa shape index (κ3) is 4.98. The molecule has 0 aliphatic rings. The standard InChI is InChI=1S/C17H18FN3O4/c1-11(12-3-5-13(18)6-4-12)19-10-17(22)20-15-9-14(21(23)24)7-8-16(15)25-2/h3-9,11,19H,10H2,1-2H3,(H,20,22)/p+1/t11-/m0/s1. The zero-order valence-corrected chi connectivity index (χ0v) is 13.9. The van der Waals surface area contributed by atoms with Gasteiger partial charge in [-0.3, -0.25) is 14.9 Å². The van der Waals surface area contributed by atoms with Crippen molar-refractivity contribution in [1.82, 2.24) is 0 Å². The lowest BCUT2D eigenvalue weighted by atomic mass is 10.1. The molecule has 1 atom stereocenters. The summed E-state index contributed by atoms with van der Waals surface area (Å²) in [6.45, 7) is 2.00. The van der Waals surface area contributed by atoms with Crippen molar-refractivity contribution in [1.29, 1.82) is 0 Å². The van der Waals surface area contributed by atoms with Crippen molar-refractivity contribution in [2.45, 2.75) is 13.0 Å². The lowest BCUT2D eigenvalue weighted by Crippen LogP contribution is -2.86. The fraction of sp³-hybridized carbons (Fsp3) is 0.235. The second-order valence-corrected chi connectivity index (χ2v) is 5.47. The van der Waals surface area contributed by atoms with Gasteiger partial charge >= 0.3 is 0 Å². The van der Waals surface area contributed by atoms with E-state index in [2.05, 4.69) is 5.32 Å². The van der Waals surface area contributed by atoms with Gasteiger partial charge in [-0.2, -0.15) is 0 Å². The Morgan fingerprint density at radius 3 is 2.60 bits per heavy atom. The fourth-order valence-corrected chi connectivity index (χ4v) is 2.29. The number of nitro groups is 1. The first-order valence-corrected chi connectivity index (χ1v) is 7.61. The average molecular weight is 348 g/mol. The molecule has 0 heterocycles. The molecular formula is C17H19FN3O4+. The van der Waals surface area contributed by atoms with Crippen LogP contribution in [0.15, 0.2) is 42.5 Å². The van der Waals surface area contributed by atoms with E-state index in [1.165, 1.54) is 37.4 Å². The number of methoxy groups -OCH3 is 1. The minimum absolute atomic E-state index is 0.0432. The van der Waals surface area contributed by atoms with Crippen molar-refractivity contribution in [3.63, 3.8) is 0 Å². The van der Waals surface area contributed by atoms with Crippen LogP contribution in [0.5, 0.6) is 5.75 Å². The maximum Gasteiger partial charge on any atom is 0.279 e. The summed E-state index contributed by atoms with van der Waals surface area (Å²) < 4.78 is 18.0. The number of nitrogens with two attached hydrogens (primary N) is 1. The molecule has 0 aliphatic heterocycles. The summed E-state index contributed by atoms with van der Waals surface area (Å²) in [5.41, 5.74) is 0.992. The van der Waals surface area contributed by atoms with Gasteiger partial charge in [0.1, 0.15) is 17.6 Å². The van der Waals surface area contributed by atoms with Crippen LogP contribution in [0.2, 0.25) is 0 Å². The summed E-state index contributed by atoms with van der Waals surface area (Å²) in [6.07, 6.45) is 0. The first-order chi connectivity index (χ1) is 11.9. The molecule has 8 heteroatoms. The predicted octanol–water partition coefficient (Wildman–Crippen LogP) is 2.01. The highest BCUT2D eigenvalue weighted by Gasteiger charge is 2.16. The Kier molecular flexibility index (Phi) is 6.02. The number of nitro benzene ring substituents is 1. The maximum absolute atomic E-state index is 12.9. The van der Waals surface area contributed by atoms with Gasteiger partial charge in [-0.25, -0.2) is 4.39 Å². The summed E-state index contributed by atoms with van der Waals surface area (Å²) in [5.74, 6) is -0.301. The van der Waals surface area contributed by atoms with Crippen LogP contribution in [0.25, 0.3) is 0 Å². The molecule has 0 aliphatic carbocycles. The van der Waals surface area contributed by atoms with E-state index in [4.69, 9.17) is 4.74 Å². The van der Waals surface area contributed by atoms with Gasteiger partial charge in [0.2, 0.25) is 0 Å². The van der Waals surface area contributed by atoms with Crippen molar-refractivity contribution in [2.75, 3.05) is 19.0 Å². The smallest absolute Gasteiger partial charge is 0.279 e. The summed E-state index contributed by atoms with van der Waals surface area (Å²) in [7, 11) is 1.42. The van der Waals surface area contributed by atoms with Crippen molar-refractivity contribution in [3.8, 4) is 5.75 Å². The zero-order valence-electron chi connectivity index (χ0n) is 13.9. The van der Waals surface area contributed by atoms with Crippen LogP contribution < -0.4 is 15.4 Å². The third-order valence-electron chi connectivity index (χ3n) is 3.72. The fourth-order valence-electron chi connectivity index (χ4n) is 2.29. The molecule has 25 heavy (non-hydrogen) atoms. The molecule has 0 saturated carbocycles. The van der Waals surface area contributed by atoms with Crippen LogP contribution in [0.1, 0.15) is 18.5 Å². The van der Waals surface area contributed by atoms with Gasteiger partial charge in [0.25, 0.3) is 11.6 Å².